The first kappa shape index (κ1) is 10.7. The number of esters is 1. The van der Waals surface area contributed by atoms with E-state index in [4.69, 9.17) is 14.7 Å². The zero-order valence-corrected chi connectivity index (χ0v) is 8.37. The van der Waals surface area contributed by atoms with Gasteiger partial charge in [0, 0.05) is 0 Å². The monoisotopic (exact) mass is 195 g/mol. The fourth-order valence-corrected chi connectivity index (χ4v) is 1.43. The van der Waals surface area contributed by atoms with E-state index in [9.17, 15) is 4.79 Å². The largest absolute Gasteiger partial charge is 0.462 e. The number of nitrogens with zero attached hydrogens (tertiary/aromatic N) is 1. The molecule has 0 amide bonds. The van der Waals surface area contributed by atoms with Crippen molar-refractivity contribution < 1.29 is 14.3 Å². The van der Waals surface area contributed by atoms with Crippen LogP contribution in [0.15, 0.2) is 11.1 Å². The summed E-state index contributed by atoms with van der Waals surface area (Å²) in [6.07, 6.45) is 0.497. The molecule has 76 valence electrons. The quantitative estimate of drug-likeness (QED) is 0.377. The highest BCUT2D eigenvalue weighted by molar-refractivity contribution is 5.93. The average Bonchev–Trinajstić information content (AvgIpc) is 2.54. The van der Waals surface area contributed by atoms with Gasteiger partial charge >= 0.3 is 5.97 Å². The van der Waals surface area contributed by atoms with Gasteiger partial charge in [-0.25, -0.2) is 4.79 Å². The van der Waals surface area contributed by atoms with Crippen LogP contribution in [0.5, 0.6) is 0 Å². The van der Waals surface area contributed by atoms with E-state index in [0.29, 0.717) is 13.0 Å². The molecule has 1 atom stereocenters. The SMILES string of the molecule is CCOC(=O)/C(C#N)=C1/CCOC1C. The molecule has 4 heteroatoms. The molecule has 1 unspecified atom stereocenters. The minimum atomic E-state index is -0.539. The Hall–Kier alpha value is -1.34. The third-order valence-electron chi connectivity index (χ3n) is 2.14. The standard InChI is InChI=1S/C10H13NO3/c1-3-13-10(12)9(6-11)8-4-5-14-7(8)2/h7H,3-5H2,1-2H3/b9-8-. The van der Waals surface area contributed by atoms with Crippen molar-refractivity contribution in [3.63, 3.8) is 0 Å². The zero-order valence-electron chi connectivity index (χ0n) is 8.37. The number of hydrogen-bond acceptors (Lipinski definition) is 4. The van der Waals surface area contributed by atoms with Gasteiger partial charge in [0.2, 0.25) is 0 Å². The first-order chi connectivity index (χ1) is 6.70. The van der Waals surface area contributed by atoms with Crippen molar-refractivity contribution >= 4 is 5.97 Å². The van der Waals surface area contributed by atoms with Crippen LogP contribution in [0, 0.1) is 11.3 Å². The van der Waals surface area contributed by atoms with Gasteiger partial charge in [-0.15, -0.1) is 0 Å². The van der Waals surface area contributed by atoms with Gasteiger partial charge in [0.05, 0.1) is 19.3 Å². The van der Waals surface area contributed by atoms with Crippen LogP contribution in [0.25, 0.3) is 0 Å². The molecule has 0 saturated carbocycles. The fourth-order valence-electron chi connectivity index (χ4n) is 1.43. The molecule has 1 saturated heterocycles. The van der Waals surface area contributed by atoms with Crippen LogP contribution < -0.4 is 0 Å². The minimum Gasteiger partial charge on any atom is -0.462 e. The summed E-state index contributed by atoms with van der Waals surface area (Å²) in [6.45, 7) is 4.40. The molecule has 1 aliphatic heterocycles. The van der Waals surface area contributed by atoms with E-state index in [1.165, 1.54) is 0 Å². The first-order valence-electron chi connectivity index (χ1n) is 4.62. The van der Waals surface area contributed by atoms with E-state index in [1.54, 1.807) is 6.92 Å². The number of rotatable bonds is 2. The maximum absolute atomic E-state index is 11.3. The molecule has 1 heterocycles. The van der Waals surface area contributed by atoms with Gasteiger partial charge in [-0.05, 0) is 25.8 Å². The molecule has 0 aromatic heterocycles. The van der Waals surface area contributed by atoms with Crippen LogP contribution in [0.1, 0.15) is 20.3 Å². The molecular weight excluding hydrogens is 182 g/mol. The van der Waals surface area contributed by atoms with Gasteiger partial charge < -0.3 is 9.47 Å². The van der Waals surface area contributed by atoms with Gasteiger partial charge in [-0.1, -0.05) is 0 Å². The van der Waals surface area contributed by atoms with Crippen molar-refractivity contribution in [3.05, 3.63) is 11.1 Å². The Morgan fingerprint density at radius 2 is 2.50 bits per heavy atom. The van der Waals surface area contributed by atoms with E-state index in [2.05, 4.69) is 0 Å². The molecule has 4 nitrogen and oxygen atoms in total. The molecule has 14 heavy (non-hydrogen) atoms. The first-order valence-corrected chi connectivity index (χ1v) is 4.62. The van der Waals surface area contributed by atoms with Crippen molar-refractivity contribution in [2.75, 3.05) is 13.2 Å². The Kier molecular flexibility index (Phi) is 3.66. The molecule has 0 aromatic rings. The van der Waals surface area contributed by atoms with Gasteiger partial charge in [-0.2, -0.15) is 5.26 Å². The predicted molar refractivity (Wildman–Crippen MR) is 49.3 cm³/mol. The van der Waals surface area contributed by atoms with Gasteiger partial charge in [-0.3, -0.25) is 0 Å². The average molecular weight is 195 g/mol. The summed E-state index contributed by atoms with van der Waals surface area (Å²) in [5, 5.41) is 8.84. The van der Waals surface area contributed by atoms with Crippen LogP contribution >= 0.6 is 0 Å². The maximum atomic E-state index is 11.3. The van der Waals surface area contributed by atoms with Crippen LogP contribution in [-0.2, 0) is 14.3 Å². The van der Waals surface area contributed by atoms with Crippen LogP contribution in [-0.4, -0.2) is 25.3 Å². The minimum absolute atomic E-state index is 0.108. The highest BCUT2D eigenvalue weighted by Crippen LogP contribution is 2.23. The van der Waals surface area contributed by atoms with Crippen molar-refractivity contribution in [2.45, 2.75) is 26.4 Å². The van der Waals surface area contributed by atoms with Crippen molar-refractivity contribution in [1.82, 2.24) is 0 Å². The Labute approximate surface area is 83.1 Å². The third kappa shape index (κ3) is 2.12. The predicted octanol–water partition coefficient (Wildman–Crippen LogP) is 1.18. The topological polar surface area (TPSA) is 59.3 Å². The molecular formula is C10H13NO3. The Balaban J connectivity index is 2.90. The lowest BCUT2D eigenvalue weighted by atomic mass is 10.0. The summed E-state index contributed by atoms with van der Waals surface area (Å²) >= 11 is 0. The molecule has 0 radical (unpaired) electrons. The van der Waals surface area contributed by atoms with Gasteiger partial charge in [0.25, 0.3) is 0 Å². The van der Waals surface area contributed by atoms with Crippen LogP contribution in [0.3, 0.4) is 0 Å². The summed E-state index contributed by atoms with van der Waals surface area (Å²) in [7, 11) is 0. The van der Waals surface area contributed by atoms with Crippen LogP contribution in [0.4, 0.5) is 0 Å². The number of carbonyl (C=O) groups is 1. The van der Waals surface area contributed by atoms with Crippen molar-refractivity contribution in [2.24, 2.45) is 0 Å². The number of nitriles is 1. The third-order valence-corrected chi connectivity index (χ3v) is 2.14. The van der Waals surface area contributed by atoms with E-state index >= 15 is 0 Å². The fraction of sp³-hybridized carbons (Fsp3) is 0.600. The van der Waals surface area contributed by atoms with Crippen molar-refractivity contribution in [3.8, 4) is 6.07 Å². The number of carbonyl (C=O) groups excluding carboxylic acids is 1. The smallest absolute Gasteiger partial charge is 0.348 e. The number of hydrogen-bond donors (Lipinski definition) is 0. The molecule has 1 rings (SSSR count). The van der Waals surface area contributed by atoms with Crippen LogP contribution in [0.2, 0.25) is 0 Å². The van der Waals surface area contributed by atoms with E-state index in [0.717, 1.165) is 5.57 Å². The molecule has 0 aromatic carbocycles. The Morgan fingerprint density at radius 1 is 1.79 bits per heavy atom. The maximum Gasteiger partial charge on any atom is 0.348 e. The Morgan fingerprint density at radius 3 is 2.93 bits per heavy atom. The molecule has 1 fully saturated rings. The highest BCUT2D eigenvalue weighted by atomic mass is 16.5. The van der Waals surface area contributed by atoms with E-state index < -0.39 is 5.97 Å². The molecule has 1 aliphatic rings. The lowest BCUT2D eigenvalue weighted by Crippen LogP contribution is -2.12. The molecule has 0 bridgehead atoms. The lowest BCUT2D eigenvalue weighted by molar-refractivity contribution is -0.138. The van der Waals surface area contributed by atoms with E-state index in [-0.39, 0.29) is 18.3 Å². The normalized spacial score (nSPS) is 24.2. The van der Waals surface area contributed by atoms with Gasteiger partial charge in [0.15, 0.2) is 0 Å². The molecule has 0 spiro atoms. The zero-order chi connectivity index (χ0) is 10.6. The summed E-state index contributed by atoms with van der Waals surface area (Å²) in [6, 6.07) is 1.88. The number of ether oxygens (including phenoxy) is 2. The second-order valence-corrected chi connectivity index (χ2v) is 3.00. The lowest BCUT2D eigenvalue weighted by Gasteiger charge is -2.06. The molecule has 0 aliphatic carbocycles. The van der Waals surface area contributed by atoms with E-state index in [1.807, 2.05) is 13.0 Å². The summed E-state index contributed by atoms with van der Waals surface area (Å²) in [4.78, 5) is 11.3. The second-order valence-electron chi connectivity index (χ2n) is 3.00. The summed E-state index contributed by atoms with van der Waals surface area (Å²) < 4.78 is 10.0. The van der Waals surface area contributed by atoms with Gasteiger partial charge in [0.1, 0.15) is 11.6 Å². The summed E-state index contributed by atoms with van der Waals surface area (Å²) in [5.41, 5.74) is 0.864. The second kappa shape index (κ2) is 4.77. The Bertz CT molecular complexity index is 301. The van der Waals surface area contributed by atoms with Crippen molar-refractivity contribution in [1.29, 1.82) is 5.26 Å². The molecule has 0 N–H and O–H groups in total. The summed E-state index contributed by atoms with van der Waals surface area (Å²) in [5.74, 6) is -0.539. The highest BCUT2D eigenvalue weighted by Gasteiger charge is 2.25.